The Balaban J connectivity index is 1.96. The molecule has 0 unspecified atom stereocenters. The molecule has 0 spiro atoms. The number of hydrogen-bond donors (Lipinski definition) is 1. The third-order valence-corrected chi connectivity index (χ3v) is 2.55. The predicted molar refractivity (Wildman–Crippen MR) is 66.5 cm³/mol. The van der Waals surface area contributed by atoms with Gasteiger partial charge in [0, 0.05) is 19.0 Å². The number of nitrogens with one attached hydrogen (secondary N) is 1. The molecule has 0 fully saturated rings. The van der Waals surface area contributed by atoms with Gasteiger partial charge in [-0.3, -0.25) is 4.79 Å². The Kier molecular flexibility index (Phi) is 3.60. The number of rotatable bonds is 4. The average molecular weight is 229 g/mol. The van der Waals surface area contributed by atoms with Gasteiger partial charge in [-0.25, -0.2) is 0 Å². The van der Waals surface area contributed by atoms with Gasteiger partial charge in [0.1, 0.15) is 5.76 Å². The lowest BCUT2D eigenvalue weighted by Gasteiger charge is -2.03. The second-order valence-electron chi connectivity index (χ2n) is 3.91. The molecule has 0 aliphatic carbocycles. The summed E-state index contributed by atoms with van der Waals surface area (Å²) in [6, 6.07) is 12.0. The highest BCUT2D eigenvalue weighted by Crippen LogP contribution is 2.19. The van der Waals surface area contributed by atoms with E-state index in [1.807, 2.05) is 24.3 Å². The minimum atomic E-state index is 0.0113. The summed E-state index contributed by atoms with van der Waals surface area (Å²) < 4.78 is 5.32. The number of hydrogen-bond acceptors (Lipinski definition) is 2. The minimum Gasteiger partial charge on any atom is -0.464 e. The fourth-order valence-corrected chi connectivity index (χ4v) is 1.66. The monoisotopic (exact) mass is 229 g/mol. The van der Waals surface area contributed by atoms with E-state index >= 15 is 0 Å². The molecule has 88 valence electrons. The van der Waals surface area contributed by atoms with Crippen molar-refractivity contribution >= 4 is 5.91 Å². The van der Waals surface area contributed by atoms with Gasteiger partial charge in [0.2, 0.25) is 5.91 Å². The highest BCUT2D eigenvalue weighted by molar-refractivity contribution is 5.72. The van der Waals surface area contributed by atoms with E-state index in [1.54, 1.807) is 6.26 Å². The molecular weight excluding hydrogens is 214 g/mol. The van der Waals surface area contributed by atoms with Crippen molar-refractivity contribution in [2.24, 2.45) is 0 Å². The standard InChI is InChI=1S/C14H15NO2/c1-11(16)15-9-8-12-4-6-13(7-5-12)14-3-2-10-17-14/h2-7,10H,8-9H2,1H3,(H,15,16). The predicted octanol–water partition coefficient (Wildman–Crippen LogP) is 2.63. The van der Waals surface area contributed by atoms with Crippen LogP contribution in [0, 0.1) is 0 Å². The first-order valence-electron chi connectivity index (χ1n) is 5.63. The van der Waals surface area contributed by atoms with Crippen LogP contribution in [0.2, 0.25) is 0 Å². The van der Waals surface area contributed by atoms with Gasteiger partial charge in [-0.05, 0) is 24.1 Å². The number of amides is 1. The van der Waals surface area contributed by atoms with Gasteiger partial charge in [-0.1, -0.05) is 24.3 Å². The van der Waals surface area contributed by atoms with Crippen molar-refractivity contribution in [3.8, 4) is 11.3 Å². The van der Waals surface area contributed by atoms with E-state index in [1.165, 1.54) is 12.5 Å². The first kappa shape index (κ1) is 11.5. The summed E-state index contributed by atoms with van der Waals surface area (Å²) >= 11 is 0. The smallest absolute Gasteiger partial charge is 0.216 e. The number of carbonyl (C=O) groups excluding carboxylic acids is 1. The Bertz CT molecular complexity index is 471. The summed E-state index contributed by atoms with van der Waals surface area (Å²) in [6.07, 6.45) is 2.51. The average Bonchev–Trinajstić information content (AvgIpc) is 2.83. The highest BCUT2D eigenvalue weighted by atomic mass is 16.3. The van der Waals surface area contributed by atoms with Crippen LogP contribution < -0.4 is 5.32 Å². The molecule has 1 amide bonds. The first-order valence-corrected chi connectivity index (χ1v) is 5.63. The maximum atomic E-state index is 10.7. The summed E-state index contributed by atoms with van der Waals surface area (Å²) in [5, 5.41) is 2.78. The Labute approximate surface area is 100 Å². The van der Waals surface area contributed by atoms with Crippen LogP contribution in [0.3, 0.4) is 0 Å². The Hall–Kier alpha value is -2.03. The molecule has 1 N–H and O–H groups in total. The molecule has 0 saturated heterocycles. The Morgan fingerprint density at radius 3 is 2.59 bits per heavy atom. The van der Waals surface area contributed by atoms with Gasteiger partial charge in [0.05, 0.1) is 6.26 Å². The molecule has 0 atom stereocenters. The van der Waals surface area contributed by atoms with Crippen molar-refractivity contribution in [3.05, 3.63) is 48.2 Å². The summed E-state index contributed by atoms with van der Waals surface area (Å²) in [7, 11) is 0. The molecule has 3 heteroatoms. The van der Waals surface area contributed by atoms with E-state index < -0.39 is 0 Å². The van der Waals surface area contributed by atoms with E-state index in [4.69, 9.17) is 4.42 Å². The van der Waals surface area contributed by atoms with Crippen LogP contribution in [0.5, 0.6) is 0 Å². The van der Waals surface area contributed by atoms with E-state index in [0.29, 0.717) is 6.54 Å². The van der Waals surface area contributed by atoms with Gasteiger partial charge >= 0.3 is 0 Å². The SMILES string of the molecule is CC(=O)NCCc1ccc(-c2ccco2)cc1. The van der Waals surface area contributed by atoms with E-state index in [-0.39, 0.29) is 5.91 Å². The zero-order valence-corrected chi connectivity index (χ0v) is 9.77. The molecule has 1 heterocycles. The van der Waals surface area contributed by atoms with Gasteiger partial charge in [0.15, 0.2) is 0 Å². The van der Waals surface area contributed by atoms with Crippen LogP contribution in [0.15, 0.2) is 47.1 Å². The van der Waals surface area contributed by atoms with Crippen LogP contribution in [0.1, 0.15) is 12.5 Å². The molecule has 1 aromatic heterocycles. The van der Waals surface area contributed by atoms with Gasteiger partial charge < -0.3 is 9.73 Å². The Morgan fingerprint density at radius 2 is 2.00 bits per heavy atom. The summed E-state index contributed by atoms with van der Waals surface area (Å²) in [6.45, 7) is 2.20. The zero-order valence-electron chi connectivity index (χ0n) is 9.77. The first-order chi connectivity index (χ1) is 8.25. The molecule has 1 aromatic carbocycles. The maximum absolute atomic E-state index is 10.7. The number of carbonyl (C=O) groups is 1. The van der Waals surface area contributed by atoms with Gasteiger partial charge in [-0.15, -0.1) is 0 Å². The fraction of sp³-hybridized carbons (Fsp3) is 0.214. The molecule has 3 nitrogen and oxygen atoms in total. The van der Waals surface area contributed by atoms with E-state index in [0.717, 1.165) is 17.7 Å². The lowest BCUT2D eigenvalue weighted by Crippen LogP contribution is -2.22. The number of benzene rings is 1. The van der Waals surface area contributed by atoms with Crippen LogP contribution in [0.4, 0.5) is 0 Å². The molecule has 0 bridgehead atoms. The lowest BCUT2D eigenvalue weighted by molar-refractivity contribution is -0.118. The molecule has 0 saturated carbocycles. The number of furan rings is 1. The third kappa shape index (κ3) is 3.21. The topological polar surface area (TPSA) is 42.2 Å². The van der Waals surface area contributed by atoms with Crippen LogP contribution >= 0.6 is 0 Å². The quantitative estimate of drug-likeness (QED) is 0.875. The maximum Gasteiger partial charge on any atom is 0.216 e. The molecule has 0 aliphatic heterocycles. The zero-order chi connectivity index (χ0) is 12.1. The van der Waals surface area contributed by atoms with E-state index in [9.17, 15) is 4.79 Å². The Morgan fingerprint density at radius 1 is 1.24 bits per heavy atom. The minimum absolute atomic E-state index is 0.0113. The summed E-state index contributed by atoms with van der Waals surface area (Å²) in [4.78, 5) is 10.7. The summed E-state index contributed by atoms with van der Waals surface area (Å²) in [5.41, 5.74) is 2.27. The van der Waals surface area contributed by atoms with Crippen molar-refractivity contribution in [1.29, 1.82) is 0 Å². The van der Waals surface area contributed by atoms with Gasteiger partial charge in [0.25, 0.3) is 0 Å². The normalized spacial score (nSPS) is 10.2. The van der Waals surface area contributed by atoms with Crippen molar-refractivity contribution in [3.63, 3.8) is 0 Å². The van der Waals surface area contributed by atoms with Gasteiger partial charge in [-0.2, -0.15) is 0 Å². The van der Waals surface area contributed by atoms with Crippen molar-refractivity contribution < 1.29 is 9.21 Å². The summed E-state index contributed by atoms with van der Waals surface area (Å²) in [5.74, 6) is 0.885. The molecule has 2 aromatic rings. The van der Waals surface area contributed by atoms with Crippen molar-refractivity contribution in [2.75, 3.05) is 6.54 Å². The highest BCUT2D eigenvalue weighted by Gasteiger charge is 2.00. The van der Waals surface area contributed by atoms with Crippen molar-refractivity contribution in [1.82, 2.24) is 5.32 Å². The van der Waals surface area contributed by atoms with Crippen molar-refractivity contribution in [2.45, 2.75) is 13.3 Å². The largest absolute Gasteiger partial charge is 0.464 e. The van der Waals surface area contributed by atoms with Crippen LogP contribution in [-0.2, 0) is 11.2 Å². The molecule has 2 rings (SSSR count). The third-order valence-electron chi connectivity index (χ3n) is 2.55. The molecular formula is C14H15NO2. The lowest BCUT2D eigenvalue weighted by atomic mass is 10.1. The van der Waals surface area contributed by atoms with E-state index in [2.05, 4.69) is 17.4 Å². The fourth-order valence-electron chi connectivity index (χ4n) is 1.66. The second kappa shape index (κ2) is 5.34. The molecule has 17 heavy (non-hydrogen) atoms. The second-order valence-corrected chi connectivity index (χ2v) is 3.91. The molecule has 0 aliphatic rings. The van der Waals surface area contributed by atoms with Crippen LogP contribution in [0.25, 0.3) is 11.3 Å². The van der Waals surface area contributed by atoms with Crippen LogP contribution in [-0.4, -0.2) is 12.5 Å². The molecule has 0 radical (unpaired) electrons.